The molecule has 0 aliphatic heterocycles. The van der Waals surface area contributed by atoms with Gasteiger partial charge in [0.05, 0.1) is 40.3 Å². The van der Waals surface area contributed by atoms with E-state index in [9.17, 15) is 19.5 Å². The van der Waals surface area contributed by atoms with Crippen LogP contribution in [-0.4, -0.2) is 82.3 Å². The third kappa shape index (κ3) is 30.4. The highest BCUT2D eigenvalue weighted by atomic mass is 16.7. The van der Waals surface area contributed by atoms with Crippen LogP contribution in [0.25, 0.3) is 0 Å². The number of hydrogen-bond acceptors (Lipinski definition) is 8. The molecule has 0 fully saturated rings. The first kappa shape index (κ1) is 43.0. The van der Waals surface area contributed by atoms with E-state index < -0.39 is 24.3 Å². The Morgan fingerprint density at radius 1 is 0.644 bits per heavy atom. The van der Waals surface area contributed by atoms with E-state index in [-0.39, 0.29) is 32.2 Å². The van der Waals surface area contributed by atoms with Crippen molar-refractivity contribution in [2.45, 2.75) is 155 Å². The molecule has 0 heterocycles. The van der Waals surface area contributed by atoms with Crippen molar-refractivity contribution in [3.8, 4) is 0 Å². The fourth-order valence-electron chi connectivity index (χ4n) is 4.64. The Hall–Kier alpha value is -1.97. The van der Waals surface area contributed by atoms with Gasteiger partial charge in [-0.15, -0.1) is 0 Å². The Morgan fingerprint density at radius 2 is 1.13 bits per heavy atom. The molecular formula is C36H67NO8. The quantitative estimate of drug-likeness (QED) is 0.0264. The van der Waals surface area contributed by atoms with Crippen molar-refractivity contribution < 1.29 is 42.9 Å². The largest absolute Gasteiger partial charge is 0.545 e. The molecule has 9 heteroatoms. The van der Waals surface area contributed by atoms with E-state index in [0.717, 1.165) is 57.8 Å². The number of unbranched alkanes of at least 4 members (excludes halogenated alkanes) is 15. The molecule has 2 atom stereocenters. The zero-order valence-electron chi connectivity index (χ0n) is 29.5. The SMILES string of the molecule is CCCCCCC/C=C\CCCCCCCC(=O)OC(COC(=O)CCCCCCCC)COC(OCC[N+](C)(C)C)C(=O)[O-]. The minimum Gasteiger partial charge on any atom is -0.545 e. The maximum Gasteiger partial charge on any atom is 0.306 e. The van der Waals surface area contributed by atoms with Gasteiger partial charge in [-0.1, -0.05) is 103 Å². The van der Waals surface area contributed by atoms with Crippen LogP contribution >= 0.6 is 0 Å². The number of likely N-dealkylation sites (N-methyl/N-ethyl adjacent to an activating group) is 1. The Balaban J connectivity index is 4.53. The number of ether oxygens (including phenoxy) is 4. The van der Waals surface area contributed by atoms with Gasteiger partial charge < -0.3 is 33.3 Å². The lowest BCUT2D eigenvalue weighted by molar-refractivity contribution is -0.870. The van der Waals surface area contributed by atoms with Gasteiger partial charge in [-0.2, -0.15) is 0 Å². The number of hydrogen-bond donors (Lipinski definition) is 0. The molecule has 0 radical (unpaired) electrons. The fraction of sp³-hybridized carbons (Fsp3) is 0.861. The average Bonchev–Trinajstić information content (AvgIpc) is 2.98. The molecule has 0 aliphatic carbocycles. The lowest BCUT2D eigenvalue weighted by Crippen LogP contribution is -2.44. The zero-order valence-corrected chi connectivity index (χ0v) is 29.5. The molecule has 0 aliphatic rings. The summed E-state index contributed by atoms with van der Waals surface area (Å²) in [6, 6.07) is 0. The summed E-state index contributed by atoms with van der Waals surface area (Å²) < 4.78 is 22.3. The zero-order chi connectivity index (χ0) is 33.6. The van der Waals surface area contributed by atoms with Crippen molar-refractivity contribution in [2.24, 2.45) is 0 Å². The summed E-state index contributed by atoms with van der Waals surface area (Å²) in [5, 5.41) is 11.6. The second-order valence-corrected chi connectivity index (χ2v) is 13.2. The maximum atomic E-state index is 12.6. The summed E-state index contributed by atoms with van der Waals surface area (Å²) >= 11 is 0. The number of nitrogens with zero attached hydrogens (tertiary/aromatic N) is 1. The fourth-order valence-corrected chi connectivity index (χ4v) is 4.64. The molecule has 0 N–H and O–H groups in total. The summed E-state index contributed by atoms with van der Waals surface area (Å²) in [5.74, 6) is -2.31. The summed E-state index contributed by atoms with van der Waals surface area (Å²) in [5.41, 5.74) is 0. The first-order valence-corrected chi connectivity index (χ1v) is 17.8. The molecule has 0 saturated heterocycles. The van der Waals surface area contributed by atoms with Gasteiger partial charge in [0.1, 0.15) is 13.2 Å². The van der Waals surface area contributed by atoms with Gasteiger partial charge in [0.2, 0.25) is 0 Å². The minimum absolute atomic E-state index is 0.148. The van der Waals surface area contributed by atoms with Gasteiger partial charge in [-0.05, 0) is 38.5 Å². The first-order chi connectivity index (χ1) is 21.6. The molecule has 0 aromatic heterocycles. The van der Waals surface area contributed by atoms with E-state index in [1.54, 1.807) is 0 Å². The number of aliphatic carboxylic acids is 1. The van der Waals surface area contributed by atoms with Crippen LogP contribution in [0.5, 0.6) is 0 Å². The monoisotopic (exact) mass is 641 g/mol. The van der Waals surface area contributed by atoms with E-state index in [1.165, 1.54) is 51.4 Å². The highest BCUT2D eigenvalue weighted by Crippen LogP contribution is 2.12. The van der Waals surface area contributed by atoms with Crippen LogP contribution in [0.15, 0.2) is 12.2 Å². The van der Waals surface area contributed by atoms with Crippen molar-refractivity contribution in [3.63, 3.8) is 0 Å². The highest BCUT2D eigenvalue weighted by Gasteiger charge is 2.21. The van der Waals surface area contributed by atoms with E-state index in [4.69, 9.17) is 18.9 Å². The molecule has 0 saturated carbocycles. The molecule has 0 bridgehead atoms. The summed E-state index contributed by atoms with van der Waals surface area (Å²) in [4.78, 5) is 36.4. The number of rotatable bonds is 32. The number of carboxylic acid groups (broad SMARTS) is 1. The second-order valence-electron chi connectivity index (χ2n) is 13.2. The molecule has 2 unspecified atom stereocenters. The van der Waals surface area contributed by atoms with E-state index in [0.29, 0.717) is 23.9 Å². The molecule has 0 aromatic carbocycles. The lowest BCUT2D eigenvalue weighted by atomic mass is 10.1. The maximum absolute atomic E-state index is 12.6. The van der Waals surface area contributed by atoms with Gasteiger partial charge in [-0.25, -0.2) is 0 Å². The normalized spacial score (nSPS) is 13.2. The highest BCUT2D eigenvalue weighted by molar-refractivity contribution is 5.70. The summed E-state index contributed by atoms with van der Waals surface area (Å²) in [6.07, 6.45) is 22.7. The lowest BCUT2D eigenvalue weighted by Gasteiger charge is -2.26. The van der Waals surface area contributed by atoms with Crippen LogP contribution in [0.4, 0.5) is 0 Å². The van der Waals surface area contributed by atoms with Gasteiger partial charge in [0.15, 0.2) is 12.4 Å². The van der Waals surface area contributed by atoms with Crippen LogP contribution in [0.2, 0.25) is 0 Å². The van der Waals surface area contributed by atoms with Crippen molar-refractivity contribution in [1.29, 1.82) is 0 Å². The van der Waals surface area contributed by atoms with E-state index in [1.807, 2.05) is 21.1 Å². The molecule has 45 heavy (non-hydrogen) atoms. The van der Waals surface area contributed by atoms with Crippen LogP contribution in [0.1, 0.15) is 142 Å². The summed E-state index contributed by atoms with van der Waals surface area (Å²) in [7, 11) is 5.88. The minimum atomic E-state index is -1.61. The van der Waals surface area contributed by atoms with Crippen molar-refractivity contribution in [1.82, 2.24) is 0 Å². The third-order valence-electron chi connectivity index (χ3n) is 7.51. The second kappa shape index (κ2) is 29.4. The smallest absolute Gasteiger partial charge is 0.306 e. The number of esters is 2. The van der Waals surface area contributed by atoms with Crippen molar-refractivity contribution >= 4 is 17.9 Å². The average molecular weight is 642 g/mol. The number of quaternary nitrogens is 1. The predicted octanol–water partition coefficient (Wildman–Crippen LogP) is 6.65. The van der Waals surface area contributed by atoms with Crippen molar-refractivity contribution in [3.05, 3.63) is 12.2 Å². The van der Waals surface area contributed by atoms with Gasteiger partial charge in [0, 0.05) is 12.8 Å². The molecule has 0 rings (SSSR count). The van der Waals surface area contributed by atoms with Crippen LogP contribution in [0.3, 0.4) is 0 Å². The number of allylic oxidation sites excluding steroid dienone is 2. The molecule has 264 valence electrons. The Morgan fingerprint density at radius 3 is 1.64 bits per heavy atom. The van der Waals surface area contributed by atoms with E-state index in [2.05, 4.69) is 26.0 Å². The Kier molecular flexibility index (Phi) is 28.1. The molecule has 0 amide bonds. The topological polar surface area (TPSA) is 111 Å². The molecule has 0 aromatic rings. The predicted molar refractivity (Wildman–Crippen MR) is 177 cm³/mol. The van der Waals surface area contributed by atoms with Gasteiger partial charge in [-0.3, -0.25) is 9.59 Å². The number of carbonyl (C=O) groups excluding carboxylic acids is 3. The third-order valence-corrected chi connectivity index (χ3v) is 7.51. The molecular weight excluding hydrogens is 574 g/mol. The van der Waals surface area contributed by atoms with Gasteiger partial charge >= 0.3 is 11.9 Å². The Labute approximate surface area is 275 Å². The standard InChI is InChI=1S/C36H67NO8/c1-6-8-10-12-14-15-16-17-18-19-20-21-23-25-27-34(39)45-32(30-43-33(38)26-24-22-13-11-9-7-2)31-44-36(35(40)41)42-29-28-37(3,4)5/h16-17,32,36H,6-15,18-31H2,1-5H3/b17-16-. The van der Waals surface area contributed by atoms with E-state index >= 15 is 0 Å². The van der Waals surface area contributed by atoms with Crippen LogP contribution in [0, 0.1) is 0 Å². The first-order valence-electron chi connectivity index (χ1n) is 17.8. The van der Waals surface area contributed by atoms with Crippen molar-refractivity contribution in [2.75, 3.05) is 47.5 Å². The van der Waals surface area contributed by atoms with Crippen LogP contribution < -0.4 is 5.11 Å². The van der Waals surface area contributed by atoms with Gasteiger partial charge in [0.25, 0.3) is 0 Å². The summed E-state index contributed by atoms with van der Waals surface area (Å²) in [6.45, 7) is 4.62. The van der Waals surface area contributed by atoms with Crippen LogP contribution in [-0.2, 0) is 33.3 Å². The molecule has 0 spiro atoms. The number of carboxylic acids is 1. The number of carbonyl (C=O) groups is 3. The Bertz CT molecular complexity index is 765. The molecule has 9 nitrogen and oxygen atoms in total.